The molecular formula is C22H24N8O. The van der Waals surface area contributed by atoms with E-state index < -0.39 is 0 Å². The molecule has 1 fully saturated rings. The Hall–Kier alpha value is -4.01. The van der Waals surface area contributed by atoms with Crippen molar-refractivity contribution in [2.75, 3.05) is 28.8 Å². The molecule has 5 rings (SSSR count). The monoisotopic (exact) mass is 416 g/mol. The SMILES string of the molecule is COc1ccc(CN(c2cc(Nc3cccc(N)n3)nn3c(N)cnc23)C2CC2)cc1. The Morgan fingerprint density at radius 3 is 2.65 bits per heavy atom. The van der Waals surface area contributed by atoms with Gasteiger partial charge in [-0.3, -0.25) is 0 Å². The number of nitrogens with two attached hydrogens (primary N) is 2. The molecule has 31 heavy (non-hydrogen) atoms. The Bertz CT molecular complexity index is 1220. The van der Waals surface area contributed by atoms with Gasteiger partial charge in [0.25, 0.3) is 0 Å². The third-order valence-electron chi connectivity index (χ3n) is 5.31. The van der Waals surface area contributed by atoms with Crippen LogP contribution in [0.5, 0.6) is 5.75 Å². The number of nitrogens with one attached hydrogen (secondary N) is 1. The molecule has 0 radical (unpaired) electrons. The first kappa shape index (κ1) is 19.0. The van der Waals surface area contributed by atoms with Crippen LogP contribution >= 0.6 is 0 Å². The summed E-state index contributed by atoms with van der Waals surface area (Å²) in [4.78, 5) is 11.2. The Morgan fingerprint density at radius 1 is 1.13 bits per heavy atom. The smallest absolute Gasteiger partial charge is 0.179 e. The molecule has 0 atom stereocenters. The van der Waals surface area contributed by atoms with Gasteiger partial charge in [-0.05, 0) is 42.7 Å². The zero-order chi connectivity index (χ0) is 21.4. The summed E-state index contributed by atoms with van der Waals surface area (Å²) in [5, 5.41) is 7.84. The number of methoxy groups -OCH3 is 1. The number of benzene rings is 1. The van der Waals surface area contributed by atoms with Crippen molar-refractivity contribution in [3.8, 4) is 5.75 Å². The normalized spacial score (nSPS) is 13.3. The fourth-order valence-corrected chi connectivity index (χ4v) is 3.62. The van der Waals surface area contributed by atoms with Gasteiger partial charge in [0.15, 0.2) is 11.5 Å². The molecule has 0 aliphatic heterocycles. The number of ether oxygens (including phenoxy) is 1. The summed E-state index contributed by atoms with van der Waals surface area (Å²) in [6.07, 6.45) is 3.91. The van der Waals surface area contributed by atoms with Gasteiger partial charge in [-0.15, -0.1) is 5.10 Å². The first-order valence-corrected chi connectivity index (χ1v) is 10.1. The number of rotatable bonds is 7. The van der Waals surface area contributed by atoms with Gasteiger partial charge in [-0.25, -0.2) is 9.97 Å². The van der Waals surface area contributed by atoms with Crippen LogP contribution in [0.4, 0.5) is 29.0 Å². The van der Waals surface area contributed by atoms with Crippen molar-refractivity contribution < 1.29 is 4.74 Å². The van der Waals surface area contributed by atoms with E-state index in [0.717, 1.165) is 36.5 Å². The zero-order valence-corrected chi connectivity index (χ0v) is 17.2. The molecule has 158 valence electrons. The van der Waals surface area contributed by atoms with Crippen molar-refractivity contribution in [2.24, 2.45) is 0 Å². The molecule has 0 saturated heterocycles. The third kappa shape index (κ3) is 3.89. The number of anilines is 5. The molecule has 1 aliphatic rings. The molecule has 3 aromatic heterocycles. The molecule has 1 saturated carbocycles. The van der Waals surface area contributed by atoms with Crippen molar-refractivity contribution in [3.63, 3.8) is 0 Å². The minimum Gasteiger partial charge on any atom is -0.497 e. The quantitative estimate of drug-likeness (QED) is 0.420. The van der Waals surface area contributed by atoms with Crippen molar-refractivity contribution in [3.05, 3.63) is 60.3 Å². The highest BCUT2D eigenvalue weighted by Gasteiger charge is 2.31. The fourth-order valence-electron chi connectivity index (χ4n) is 3.62. The number of pyridine rings is 1. The highest BCUT2D eigenvalue weighted by Crippen LogP contribution is 2.36. The van der Waals surface area contributed by atoms with E-state index in [0.29, 0.717) is 29.3 Å². The predicted molar refractivity (Wildman–Crippen MR) is 122 cm³/mol. The summed E-state index contributed by atoms with van der Waals surface area (Å²) >= 11 is 0. The average Bonchev–Trinajstić information content (AvgIpc) is 3.55. The van der Waals surface area contributed by atoms with Gasteiger partial charge in [-0.1, -0.05) is 18.2 Å². The van der Waals surface area contributed by atoms with E-state index >= 15 is 0 Å². The molecule has 9 nitrogen and oxygen atoms in total. The molecule has 9 heteroatoms. The van der Waals surface area contributed by atoms with Crippen molar-refractivity contribution >= 4 is 34.6 Å². The van der Waals surface area contributed by atoms with Crippen LogP contribution in [0.3, 0.4) is 0 Å². The first-order chi connectivity index (χ1) is 15.1. The average molecular weight is 416 g/mol. The zero-order valence-electron chi connectivity index (χ0n) is 17.2. The number of imidazole rings is 1. The number of nitrogens with zero attached hydrogens (tertiary/aromatic N) is 5. The summed E-state index contributed by atoms with van der Waals surface area (Å²) in [6, 6.07) is 16.0. The van der Waals surface area contributed by atoms with E-state index in [1.54, 1.807) is 23.9 Å². The summed E-state index contributed by atoms with van der Waals surface area (Å²) in [5.41, 5.74) is 14.9. The van der Waals surface area contributed by atoms with E-state index in [4.69, 9.17) is 16.2 Å². The molecule has 0 amide bonds. The minimum absolute atomic E-state index is 0.438. The van der Waals surface area contributed by atoms with E-state index in [9.17, 15) is 0 Å². The predicted octanol–water partition coefficient (Wildman–Crippen LogP) is 3.21. The van der Waals surface area contributed by atoms with Crippen LogP contribution in [-0.2, 0) is 6.54 Å². The molecule has 3 heterocycles. The van der Waals surface area contributed by atoms with Crippen LogP contribution < -0.4 is 26.4 Å². The van der Waals surface area contributed by atoms with Crippen LogP contribution in [0.2, 0.25) is 0 Å². The Labute approximate surface area is 179 Å². The lowest BCUT2D eigenvalue weighted by Gasteiger charge is -2.26. The van der Waals surface area contributed by atoms with Crippen LogP contribution in [0.15, 0.2) is 54.7 Å². The first-order valence-electron chi connectivity index (χ1n) is 10.1. The van der Waals surface area contributed by atoms with Crippen molar-refractivity contribution in [1.29, 1.82) is 0 Å². The summed E-state index contributed by atoms with van der Waals surface area (Å²) in [6.45, 7) is 0.747. The second kappa shape index (κ2) is 7.67. The minimum atomic E-state index is 0.438. The molecular weight excluding hydrogens is 392 g/mol. The summed E-state index contributed by atoms with van der Waals surface area (Å²) in [7, 11) is 1.67. The number of fused-ring (bicyclic) bond motifs is 1. The van der Waals surface area contributed by atoms with Gasteiger partial charge >= 0.3 is 0 Å². The topological polar surface area (TPSA) is 120 Å². The summed E-state index contributed by atoms with van der Waals surface area (Å²) < 4.78 is 6.95. The highest BCUT2D eigenvalue weighted by atomic mass is 16.5. The third-order valence-corrected chi connectivity index (χ3v) is 5.31. The number of hydrogen-bond donors (Lipinski definition) is 3. The molecule has 0 spiro atoms. The molecule has 0 bridgehead atoms. The Kier molecular flexibility index (Phi) is 4.70. The van der Waals surface area contributed by atoms with Crippen LogP contribution in [0.25, 0.3) is 5.65 Å². The van der Waals surface area contributed by atoms with Gasteiger partial charge in [-0.2, -0.15) is 4.52 Å². The van der Waals surface area contributed by atoms with Crippen molar-refractivity contribution in [2.45, 2.75) is 25.4 Å². The molecule has 5 N–H and O–H groups in total. The van der Waals surface area contributed by atoms with Gasteiger partial charge in [0.1, 0.15) is 23.2 Å². The lowest BCUT2D eigenvalue weighted by atomic mass is 10.2. The molecule has 0 unspecified atom stereocenters. The lowest BCUT2D eigenvalue weighted by molar-refractivity contribution is 0.414. The number of hydrogen-bond acceptors (Lipinski definition) is 8. The van der Waals surface area contributed by atoms with Gasteiger partial charge in [0, 0.05) is 18.7 Å². The maximum Gasteiger partial charge on any atom is 0.179 e. The van der Waals surface area contributed by atoms with Gasteiger partial charge in [0.05, 0.1) is 19.0 Å². The largest absolute Gasteiger partial charge is 0.497 e. The van der Waals surface area contributed by atoms with Gasteiger partial charge in [0.2, 0.25) is 0 Å². The molecule has 1 aliphatic carbocycles. The maximum absolute atomic E-state index is 6.15. The van der Waals surface area contributed by atoms with E-state index in [1.165, 1.54) is 5.56 Å². The Balaban J connectivity index is 1.54. The van der Waals surface area contributed by atoms with Crippen LogP contribution in [0.1, 0.15) is 18.4 Å². The van der Waals surface area contributed by atoms with E-state index in [2.05, 4.69) is 37.4 Å². The number of nitrogen functional groups attached to an aromatic ring is 2. The van der Waals surface area contributed by atoms with Gasteiger partial charge < -0.3 is 26.4 Å². The molecule has 1 aromatic carbocycles. The van der Waals surface area contributed by atoms with Crippen LogP contribution in [0, 0.1) is 0 Å². The summed E-state index contributed by atoms with van der Waals surface area (Å²) in [5.74, 6) is 2.98. The van der Waals surface area contributed by atoms with Crippen molar-refractivity contribution in [1.82, 2.24) is 19.6 Å². The lowest BCUT2D eigenvalue weighted by Crippen LogP contribution is -2.26. The standard InChI is InChI=1S/C22H24N8O/c1-31-16-9-5-14(6-10-16)13-29(15-7-8-15)17-11-21(27-20-4-2-3-18(23)26-20)28-30-19(24)12-25-22(17)30/h2-6,9-12,15H,7-8,13,24H2,1H3,(H3,23,26,27,28). The Morgan fingerprint density at radius 2 is 1.94 bits per heavy atom. The maximum atomic E-state index is 6.15. The van der Waals surface area contributed by atoms with Crippen LogP contribution in [-0.4, -0.2) is 32.7 Å². The second-order valence-electron chi connectivity index (χ2n) is 7.61. The fraction of sp³-hybridized carbons (Fsp3) is 0.227. The highest BCUT2D eigenvalue weighted by molar-refractivity contribution is 5.75. The second-order valence-corrected chi connectivity index (χ2v) is 7.61. The van der Waals surface area contributed by atoms with E-state index in [1.807, 2.05) is 30.3 Å². The molecule has 4 aromatic rings. The van der Waals surface area contributed by atoms with E-state index in [-0.39, 0.29) is 0 Å². The number of aromatic nitrogens is 4.